The number of ether oxygens (including phenoxy) is 2. The van der Waals surface area contributed by atoms with Crippen molar-refractivity contribution in [2.75, 3.05) is 32.7 Å². The smallest absolute Gasteiger partial charge is 0.338 e. The molecule has 0 radical (unpaired) electrons. The molecule has 0 saturated carbocycles. The number of carbonyl (C=O) groups excluding carboxylic acids is 2. The molecule has 0 bridgehead atoms. The third kappa shape index (κ3) is 4.42. The number of anilines is 1. The minimum atomic E-state index is -0.418. The van der Waals surface area contributed by atoms with Gasteiger partial charge in [0, 0.05) is 19.8 Å². The van der Waals surface area contributed by atoms with E-state index in [0.29, 0.717) is 17.9 Å². The number of esters is 1. The zero-order chi connectivity index (χ0) is 13.4. The average Bonchev–Trinajstić information content (AvgIpc) is 2.39. The van der Waals surface area contributed by atoms with Crippen molar-refractivity contribution in [2.24, 2.45) is 0 Å². The lowest BCUT2D eigenvalue weighted by molar-refractivity contribution is 0.0388. The molecule has 2 N–H and O–H groups in total. The highest BCUT2D eigenvalue weighted by Gasteiger charge is 2.07. The predicted molar refractivity (Wildman–Crippen MR) is 66.7 cm³/mol. The number of amides is 2. The summed E-state index contributed by atoms with van der Waals surface area (Å²) in [6.07, 6.45) is 0. The van der Waals surface area contributed by atoms with Crippen LogP contribution in [0.2, 0.25) is 0 Å². The van der Waals surface area contributed by atoms with Crippen molar-refractivity contribution >= 4 is 17.7 Å². The Balaban J connectivity index is 2.54. The van der Waals surface area contributed by atoms with E-state index in [2.05, 4.69) is 10.6 Å². The van der Waals surface area contributed by atoms with Crippen LogP contribution in [0.25, 0.3) is 0 Å². The van der Waals surface area contributed by atoms with Crippen molar-refractivity contribution in [3.8, 4) is 0 Å². The fourth-order valence-corrected chi connectivity index (χ4v) is 1.18. The minimum Gasteiger partial charge on any atom is -0.460 e. The predicted octanol–water partition coefficient (Wildman–Crippen LogP) is 1.24. The van der Waals surface area contributed by atoms with Gasteiger partial charge in [0.1, 0.15) is 6.61 Å². The van der Waals surface area contributed by atoms with Crippen LogP contribution in [0.5, 0.6) is 0 Å². The van der Waals surface area contributed by atoms with Crippen LogP contribution in [0.3, 0.4) is 0 Å². The molecule has 1 rings (SSSR count). The first kappa shape index (κ1) is 14.0. The van der Waals surface area contributed by atoms with Gasteiger partial charge in [-0.2, -0.15) is 0 Å². The summed E-state index contributed by atoms with van der Waals surface area (Å²) < 4.78 is 9.72. The van der Waals surface area contributed by atoms with Gasteiger partial charge in [0.15, 0.2) is 0 Å². The van der Waals surface area contributed by atoms with Gasteiger partial charge in [-0.1, -0.05) is 0 Å². The van der Waals surface area contributed by atoms with E-state index < -0.39 is 5.97 Å². The van der Waals surface area contributed by atoms with Gasteiger partial charge in [-0.25, -0.2) is 9.59 Å². The molecule has 0 spiro atoms. The molecule has 0 heterocycles. The number of benzene rings is 1. The second kappa shape index (κ2) is 7.29. The zero-order valence-electron chi connectivity index (χ0n) is 10.4. The van der Waals surface area contributed by atoms with Crippen molar-refractivity contribution in [3.05, 3.63) is 29.8 Å². The topological polar surface area (TPSA) is 76.7 Å². The van der Waals surface area contributed by atoms with Crippen LogP contribution in [-0.4, -0.2) is 39.4 Å². The molecule has 98 valence electrons. The lowest BCUT2D eigenvalue weighted by atomic mass is 10.2. The van der Waals surface area contributed by atoms with Gasteiger partial charge in [0.25, 0.3) is 0 Å². The normalized spacial score (nSPS) is 9.67. The van der Waals surface area contributed by atoms with Crippen LogP contribution < -0.4 is 10.6 Å². The van der Waals surface area contributed by atoms with E-state index in [0.717, 1.165) is 0 Å². The van der Waals surface area contributed by atoms with Gasteiger partial charge in [-0.15, -0.1) is 0 Å². The molecule has 0 atom stereocenters. The summed E-state index contributed by atoms with van der Waals surface area (Å²) in [5, 5.41) is 5.02. The highest BCUT2D eigenvalue weighted by molar-refractivity contribution is 5.92. The molecule has 0 saturated heterocycles. The Labute approximate surface area is 105 Å². The maximum absolute atomic E-state index is 11.5. The summed E-state index contributed by atoms with van der Waals surface area (Å²) in [5.74, 6) is -0.418. The summed E-state index contributed by atoms with van der Waals surface area (Å²) in [6.45, 7) is 0.579. The molecule has 1 aromatic carbocycles. The van der Waals surface area contributed by atoms with Gasteiger partial charge in [0.05, 0.1) is 12.2 Å². The number of rotatable bonds is 5. The van der Waals surface area contributed by atoms with Crippen LogP contribution >= 0.6 is 0 Å². The van der Waals surface area contributed by atoms with E-state index in [4.69, 9.17) is 9.47 Å². The van der Waals surface area contributed by atoms with Crippen LogP contribution in [0.15, 0.2) is 24.3 Å². The number of nitrogens with one attached hydrogen (secondary N) is 2. The number of hydrogen-bond acceptors (Lipinski definition) is 4. The summed E-state index contributed by atoms with van der Waals surface area (Å²) in [4.78, 5) is 22.6. The molecular weight excluding hydrogens is 236 g/mol. The van der Waals surface area contributed by atoms with Crippen molar-refractivity contribution in [1.82, 2.24) is 5.32 Å². The molecule has 0 aliphatic heterocycles. The number of hydrogen-bond donors (Lipinski definition) is 2. The maximum Gasteiger partial charge on any atom is 0.338 e. The third-order valence-corrected chi connectivity index (χ3v) is 2.13. The van der Waals surface area contributed by atoms with Crippen molar-refractivity contribution in [2.45, 2.75) is 0 Å². The molecule has 6 heteroatoms. The SMILES string of the molecule is CNC(=O)Nc1ccc(C(=O)OCCOC)cc1. The Hall–Kier alpha value is -2.08. The van der Waals surface area contributed by atoms with E-state index in [1.807, 2.05) is 0 Å². The Morgan fingerprint density at radius 2 is 1.83 bits per heavy atom. The molecule has 2 amide bonds. The lowest BCUT2D eigenvalue weighted by Gasteiger charge is -2.06. The molecule has 0 unspecified atom stereocenters. The molecule has 6 nitrogen and oxygen atoms in total. The second-order valence-electron chi connectivity index (χ2n) is 3.41. The minimum absolute atomic E-state index is 0.216. The Morgan fingerprint density at radius 1 is 1.17 bits per heavy atom. The van der Waals surface area contributed by atoms with Gasteiger partial charge in [-0.05, 0) is 24.3 Å². The van der Waals surface area contributed by atoms with Crippen LogP contribution in [-0.2, 0) is 9.47 Å². The van der Waals surface area contributed by atoms with Gasteiger partial charge >= 0.3 is 12.0 Å². The quantitative estimate of drug-likeness (QED) is 0.610. The molecular formula is C12H16N2O4. The van der Waals surface area contributed by atoms with Crippen LogP contribution in [0, 0.1) is 0 Å². The van der Waals surface area contributed by atoms with Crippen molar-refractivity contribution in [3.63, 3.8) is 0 Å². The largest absolute Gasteiger partial charge is 0.460 e. The van der Waals surface area contributed by atoms with E-state index in [1.165, 1.54) is 14.2 Å². The fourth-order valence-electron chi connectivity index (χ4n) is 1.18. The van der Waals surface area contributed by atoms with Crippen molar-refractivity contribution < 1.29 is 19.1 Å². The first-order chi connectivity index (χ1) is 8.67. The molecule has 0 aromatic heterocycles. The van der Waals surface area contributed by atoms with Gasteiger partial charge in [-0.3, -0.25) is 0 Å². The number of urea groups is 1. The molecule has 18 heavy (non-hydrogen) atoms. The first-order valence-corrected chi connectivity index (χ1v) is 5.42. The second-order valence-corrected chi connectivity index (χ2v) is 3.41. The molecule has 1 aromatic rings. The zero-order valence-corrected chi connectivity index (χ0v) is 10.4. The van der Waals surface area contributed by atoms with E-state index in [9.17, 15) is 9.59 Å². The monoisotopic (exact) mass is 252 g/mol. The highest BCUT2D eigenvalue weighted by atomic mass is 16.6. The van der Waals surface area contributed by atoms with E-state index >= 15 is 0 Å². The Kier molecular flexibility index (Phi) is 5.66. The summed E-state index contributed by atoms with van der Waals surface area (Å²) >= 11 is 0. The summed E-state index contributed by atoms with van der Waals surface area (Å²) in [7, 11) is 3.06. The number of methoxy groups -OCH3 is 1. The number of carbonyl (C=O) groups is 2. The van der Waals surface area contributed by atoms with Gasteiger partial charge < -0.3 is 20.1 Å². The van der Waals surface area contributed by atoms with Crippen molar-refractivity contribution in [1.29, 1.82) is 0 Å². The fraction of sp³-hybridized carbons (Fsp3) is 0.333. The molecule has 0 aliphatic rings. The summed E-state index contributed by atoms with van der Waals surface area (Å²) in [5.41, 5.74) is 1.02. The van der Waals surface area contributed by atoms with Crippen LogP contribution in [0.4, 0.5) is 10.5 Å². The molecule has 0 fully saturated rings. The third-order valence-electron chi connectivity index (χ3n) is 2.13. The van der Waals surface area contributed by atoms with E-state index in [1.54, 1.807) is 24.3 Å². The standard InChI is InChI=1S/C12H16N2O4/c1-13-12(16)14-10-5-3-9(4-6-10)11(15)18-8-7-17-2/h3-6H,7-8H2,1-2H3,(H2,13,14,16). The van der Waals surface area contributed by atoms with Gasteiger partial charge in [0.2, 0.25) is 0 Å². The Bertz CT molecular complexity index is 403. The highest BCUT2D eigenvalue weighted by Crippen LogP contribution is 2.10. The lowest BCUT2D eigenvalue weighted by Crippen LogP contribution is -2.24. The average molecular weight is 252 g/mol. The molecule has 0 aliphatic carbocycles. The summed E-state index contributed by atoms with van der Waals surface area (Å²) in [6, 6.07) is 6.11. The first-order valence-electron chi connectivity index (χ1n) is 5.42. The van der Waals surface area contributed by atoms with Crippen LogP contribution in [0.1, 0.15) is 10.4 Å². The Morgan fingerprint density at radius 3 is 2.39 bits per heavy atom. The van der Waals surface area contributed by atoms with E-state index in [-0.39, 0.29) is 12.6 Å². The maximum atomic E-state index is 11.5.